The van der Waals surface area contributed by atoms with E-state index < -0.39 is 0 Å². The van der Waals surface area contributed by atoms with Crippen LogP contribution in [0.4, 0.5) is 5.82 Å². The van der Waals surface area contributed by atoms with Crippen LogP contribution in [0.2, 0.25) is 5.02 Å². The molecule has 2 aliphatic rings. The number of piperazine rings is 1. The number of nitrogens with zero attached hydrogens (tertiary/aromatic N) is 4. The molecule has 0 spiro atoms. The third kappa shape index (κ3) is 3.17. The molecular formula is C17H20BrClN4OS2. The lowest BCUT2D eigenvalue weighted by molar-refractivity contribution is 0.237. The summed E-state index contributed by atoms with van der Waals surface area (Å²) in [6.07, 6.45) is 2.13. The highest BCUT2D eigenvalue weighted by molar-refractivity contribution is 9.10. The van der Waals surface area contributed by atoms with Crippen molar-refractivity contribution in [1.29, 1.82) is 0 Å². The van der Waals surface area contributed by atoms with Gasteiger partial charge in [0.2, 0.25) is 0 Å². The molecule has 26 heavy (non-hydrogen) atoms. The van der Waals surface area contributed by atoms with Crippen LogP contribution < -0.4 is 10.6 Å². The maximum Gasteiger partial charge on any atom is 0.350 e. The quantitative estimate of drug-likeness (QED) is 0.678. The van der Waals surface area contributed by atoms with Gasteiger partial charge in [-0.25, -0.2) is 4.79 Å². The molecule has 2 aromatic rings. The molecule has 0 radical (unpaired) electrons. The lowest BCUT2D eigenvalue weighted by Crippen LogP contribution is -2.53. The monoisotopic (exact) mass is 474 g/mol. The summed E-state index contributed by atoms with van der Waals surface area (Å²) in [5.74, 6) is 2.69. The molecule has 0 aliphatic carbocycles. The fraction of sp³-hybridized carbons (Fsp3) is 0.529. The minimum atomic E-state index is -0.163. The van der Waals surface area contributed by atoms with Gasteiger partial charge in [0.25, 0.3) is 0 Å². The van der Waals surface area contributed by atoms with Gasteiger partial charge in [-0.3, -0.25) is 9.47 Å². The topological polar surface area (TPSA) is 41.4 Å². The van der Waals surface area contributed by atoms with Gasteiger partial charge in [0.05, 0.1) is 15.0 Å². The second-order valence-corrected chi connectivity index (χ2v) is 9.87. The molecule has 1 saturated heterocycles. The normalized spacial score (nSPS) is 20.8. The van der Waals surface area contributed by atoms with Crippen molar-refractivity contribution in [2.45, 2.75) is 17.5 Å². The highest BCUT2D eigenvalue weighted by Crippen LogP contribution is 2.43. The van der Waals surface area contributed by atoms with Crippen LogP contribution in [0, 0.1) is 0 Å². The molecule has 0 amide bonds. The second kappa shape index (κ2) is 7.54. The molecule has 1 fully saturated rings. The predicted molar refractivity (Wildman–Crippen MR) is 116 cm³/mol. The summed E-state index contributed by atoms with van der Waals surface area (Å²) in [4.78, 5) is 22.9. The SMILES string of the molecule is CSCC1CN(c2nc(=O)n3c4c(c(Br)c(Cl)cc24)SCC3)CCN1C. The molecule has 1 aromatic heterocycles. The first-order chi connectivity index (χ1) is 12.5. The highest BCUT2D eigenvalue weighted by Gasteiger charge is 2.29. The van der Waals surface area contributed by atoms with E-state index in [9.17, 15) is 4.79 Å². The van der Waals surface area contributed by atoms with Crippen LogP contribution in [0.25, 0.3) is 10.9 Å². The number of aryl methyl sites for hydroxylation is 1. The number of aromatic nitrogens is 2. The molecule has 0 N–H and O–H groups in total. The van der Waals surface area contributed by atoms with Gasteiger partial charge in [-0.2, -0.15) is 16.7 Å². The van der Waals surface area contributed by atoms with E-state index in [1.54, 1.807) is 16.3 Å². The lowest BCUT2D eigenvalue weighted by atomic mass is 10.1. The van der Waals surface area contributed by atoms with Gasteiger partial charge in [0.15, 0.2) is 0 Å². The fourth-order valence-electron chi connectivity index (χ4n) is 3.67. The first kappa shape index (κ1) is 18.9. The molecule has 1 atom stereocenters. The van der Waals surface area contributed by atoms with Crippen LogP contribution in [0.5, 0.6) is 0 Å². The first-order valence-corrected chi connectivity index (χ1v) is 12.1. The van der Waals surface area contributed by atoms with E-state index in [0.29, 0.717) is 17.6 Å². The van der Waals surface area contributed by atoms with Gasteiger partial charge in [-0.05, 0) is 35.3 Å². The Labute approximate surface area is 174 Å². The molecule has 2 aliphatic heterocycles. The molecule has 3 heterocycles. The van der Waals surface area contributed by atoms with Gasteiger partial charge in [-0.1, -0.05) is 11.6 Å². The summed E-state index contributed by atoms with van der Waals surface area (Å²) < 4.78 is 2.67. The van der Waals surface area contributed by atoms with Crippen LogP contribution in [0.3, 0.4) is 0 Å². The van der Waals surface area contributed by atoms with Gasteiger partial charge >= 0.3 is 5.69 Å². The highest BCUT2D eigenvalue weighted by atomic mass is 79.9. The number of anilines is 1. The van der Waals surface area contributed by atoms with Crippen LogP contribution in [0.15, 0.2) is 20.2 Å². The number of rotatable bonds is 3. The molecule has 4 rings (SSSR count). The third-order valence-corrected chi connectivity index (χ3v) is 8.49. The van der Waals surface area contributed by atoms with Crippen molar-refractivity contribution < 1.29 is 0 Å². The maximum absolute atomic E-state index is 12.7. The van der Waals surface area contributed by atoms with Crippen molar-refractivity contribution in [3.05, 3.63) is 26.0 Å². The lowest BCUT2D eigenvalue weighted by Gasteiger charge is -2.40. The van der Waals surface area contributed by atoms with E-state index in [-0.39, 0.29) is 5.69 Å². The smallest absolute Gasteiger partial charge is 0.350 e. The Bertz CT molecular complexity index is 922. The molecule has 5 nitrogen and oxygen atoms in total. The number of benzene rings is 1. The molecule has 9 heteroatoms. The van der Waals surface area contributed by atoms with E-state index in [2.05, 4.69) is 44.0 Å². The summed E-state index contributed by atoms with van der Waals surface area (Å²) in [5.41, 5.74) is 0.802. The minimum Gasteiger partial charge on any atom is -0.353 e. The van der Waals surface area contributed by atoms with E-state index in [0.717, 1.165) is 57.2 Å². The Morgan fingerprint density at radius 3 is 3.00 bits per heavy atom. The summed E-state index contributed by atoms with van der Waals surface area (Å²) in [5, 5.41) is 1.65. The summed E-state index contributed by atoms with van der Waals surface area (Å²) in [6, 6.07) is 2.40. The van der Waals surface area contributed by atoms with Crippen molar-refractivity contribution in [2.24, 2.45) is 0 Å². The molecule has 0 saturated carbocycles. The van der Waals surface area contributed by atoms with E-state index in [1.165, 1.54) is 0 Å². The largest absolute Gasteiger partial charge is 0.353 e. The minimum absolute atomic E-state index is 0.163. The van der Waals surface area contributed by atoms with Gasteiger partial charge in [0.1, 0.15) is 5.82 Å². The average Bonchev–Trinajstić information content (AvgIpc) is 2.64. The summed E-state index contributed by atoms with van der Waals surface area (Å²) in [7, 11) is 2.17. The molecule has 140 valence electrons. The zero-order valence-corrected chi connectivity index (χ0v) is 18.6. The Balaban J connectivity index is 1.88. The average molecular weight is 476 g/mol. The van der Waals surface area contributed by atoms with E-state index in [1.807, 2.05) is 17.8 Å². The third-order valence-electron chi connectivity index (χ3n) is 5.09. The van der Waals surface area contributed by atoms with Gasteiger partial charge < -0.3 is 4.90 Å². The number of halogens is 2. The Morgan fingerprint density at radius 2 is 2.23 bits per heavy atom. The van der Waals surface area contributed by atoms with E-state index >= 15 is 0 Å². The Kier molecular flexibility index (Phi) is 5.49. The standard InChI is InChI=1S/C17H20BrClN4OS2/c1-21-3-4-22(8-10(21)9-25-2)16-11-7-12(19)13(18)15-14(11)23(5-6-26-15)17(24)20-16/h7,10H,3-6,8-9H2,1-2H3. The number of hydrogen-bond donors (Lipinski definition) is 0. The number of hydrogen-bond acceptors (Lipinski definition) is 6. The fourth-order valence-corrected chi connectivity index (χ4v) is 6.39. The second-order valence-electron chi connectivity index (χ2n) is 6.65. The van der Waals surface area contributed by atoms with Crippen LogP contribution in [-0.4, -0.2) is 64.9 Å². The van der Waals surface area contributed by atoms with Crippen molar-refractivity contribution in [2.75, 3.05) is 49.3 Å². The summed E-state index contributed by atoms with van der Waals surface area (Å²) in [6.45, 7) is 3.39. The van der Waals surface area contributed by atoms with Crippen LogP contribution >= 0.6 is 51.1 Å². The number of likely N-dealkylation sites (N-methyl/N-ethyl adjacent to an activating group) is 1. The van der Waals surface area contributed by atoms with E-state index in [4.69, 9.17) is 11.6 Å². The van der Waals surface area contributed by atoms with Gasteiger partial charge in [-0.15, -0.1) is 11.8 Å². The van der Waals surface area contributed by atoms with Crippen molar-refractivity contribution in [1.82, 2.24) is 14.5 Å². The van der Waals surface area contributed by atoms with Gasteiger partial charge in [0, 0.05) is 54.0 Å². The number of thioether (sulfide) groups is 2. The zero-order chi connectivity index (χ0) is 18.4. The Hall–Kier alpha value is -0.410. The molecule has 1 aromatic carbocycles. The van der Waals surface area contributed by atoms with Crippen LogP contribution in [-0.2, 0) is 6.54 Å². The molecular weight excluding hydrogens is 456 g/mol. The summed E-state index contributed by atoms with van der Waals surface area (Å²) >= 11 is 13.7. The van der Waals surface area contributed by atoms with Crippen LogP contribution in [0.1, 0.15) is 0 Å². The molecule has 0 bridgehead atoms. The Morgan fingerprint density at radius 1 is 1.42 bits per heavy atom. The van der Waals surface area contributed by atoms with Crippen molar-refractivity contribution in [3.63, 3.8) is 0 Å². The predicted octanol–water partition coefficient (Wildman–Crippen LogP) is 3.40. The zero-order valence-electron chi connectivity index (χ0n) is 14.7. The maximum atomic E-state index is 12.7. The molecule has 1 unspecified atom stereocenters. The van der Waals surface area contributed by atoms with Crippen molar-refractivity contribution in [3.8, 4) is 0 Å². The van der Waals surface area contributed by atoms with Crippen molar-refractivity contribution >= 4 is 67.8 Å². The first-order valence-electron chi connectivity index (χ1n) is 8.50.